The van der Waals surface area contributed by atoms with Crippen LogP contribution >= 0.6 is 0 Å². The number of anilines is 1. The van der Waals surface area contributed by atoms with Gasteiger partial charge in [-0.05, 0) is 18.1 Å². The number of hydrogen-bond donors (Lipinski definition) is 1. The summed E-state index contributed by atoms with van der Waals surface area (Å²) in [5.41, 5.74) is 1.04. The lowest BCUT2D eigenvalue weighted by Gasteiger charge is -2.38. The molecule has 3 nitrogen and oxygen atoms in total. The van der Waals surface area contributed by atoms with Crippen molar-refractivity contribution in [1.29, 1.82) is 0 Å². The quantitative estimate of drug-likeness (QED) is 0.906. The lowest BCUT2D eigenvalue weighted by molar-refractivity contribution is 0.341. The molecule has 19 heavy (non-hydrogen) atoms. The predicted octanol–water partition coefficient (Wildman–Crippen LogP) is 2.66. The van der Waals surface area contributed by atoms with Crippen LogP contribution in [0.15, 0.2) is 18.2 Å². The number of hydrogen-bond acceptors (Lipinski definition) is 3. The first-order valence-corrected chi connectivity index (χ1v) is 6.97. The molecule has 0 spiro atoms. The van der Waals surface area contributed by atoms with Gasteiger partial charge in [-0.2, -0.15) is 0 Å². The van der Waals surface area contributed by atoms with Gasteiger partial charge in [0.1, 0.15) is 0 Å². The van der Waals surface area contributed by atoms with E-state index in [9.17, 15) is 4.39 Å². The molecule has 1 aromatic carbocycles. The smallest absolute Gasteiger partial charge is 0.165 e. The van der Waals surface area contributed by atoms with Crippen LogP contribution in [0.2, 0.25) is 0 Å². The summed E-state index contributed by atoms with van der Waals surface area (Å²) in [6.07, 6.45) is 1.16. The number of piperazine rings is 1. The zero-order valence-electron chi connectivity index (χ0n) is 11.9. The Labute approximate surface area is 114 Å². The van der Waals surface area contributed by atoms with Gasteiger partial charge in [0, 0.05) is 37.4 Å². The Morgan fingerprint density at radius 1 is 1.53 bits per heavy atom. The summed E-state index contributed by atoms with van der Waals surface area (Å²) in [7, 11) is 1.50. The second-order valence-corrected chi connectivity index (χ2v) is 5.21. The third-order valence-electron chi connectivity index (χ3n) is 4.04. The minimum atomic E-state index is -0.306. The van der Waals surface area contributed by atoms with Gasteiger partial charge in [0.05, 0.1) is 7.11 Å². The maximum absolute atomic E-state index is 13.4. The fraction of sp³-hybridized carbons (Fsp3) is 0.600. The molecular formula is C15H23FN2O. The predicted molar refractivity (Wildman–Crippen MR) is 76.4 cm³/mol. The molecule has 2 rings (SSSR count). The summed E-state index contributed by atoms with van der Waals surface area (Å²) in [6, 6.07) is 5.59. The van der Waals surface area contributed by atoms with Crippen LogP contribution in [0.5, 0.6) is 5.75 Å². The molecule has 0 amide bonds. The lowest BCUT2D eigenvalue weighted by Crippen LogP contribution is -2.53. The summed E-state index contributed by atoms with van der Waals surface area (Å²) < 4.78 is 18.5. The van der Waals surface area contributed by atoms with Gasteiger partial charge in [-0.15, -0.1) is 0 Å². The third-order valence-corrected chi connectivity index (χ3v) is 4.04. The zero-order chi connectivity index (χ0) is 13.8. The van der Waals surface area contributed by atoms with E-state index in [1.165, 1.54) is 13.2 Å². The average Bonchev–Trinajstić information content (AvgIpc) is 2.47. The van der Waals surface area contributed by atoms with Crippen LogP contribution in [0.1, 0.15) is 20.3 Å². The molecule has 0 aliphatic carbocycles. The van der Waals surface area contributed by atoms with E-state index in [-0.39, 0.29) is 5.82 Å². The van der Waals surface area contributed by atoms with E-state index in [2.05, 4.69) is 24.1 Å². The Bertz CT molecular complexity index is 425. The Kier molecular flexibility index (Phi) is 4.64. The van der Waals surface area contributed by atoms with Gasteiger partial charge < -0.3 is 15.0 Å². The molecule has 4 heteroatoms. The molecule has 1 aliphatic rings. The maximum atomic E-state index is 13.4. The zero-order valence-corrected chi connectivity index (χ0v) is 11.9. The highest BCUT2D eigenvalue weighted by Gasteiger charge is 2.23. The number of methoxy groups -OCH3 is 1. The topological polar surface area (TPSA) is 24.5 Å². The Balaban J connectivity index is 2.12. The van der Waals surface area contributed by atoms with E-state index in [0.29, 0.717) is 17.7 Å². The van der Waals surface area contributed by atoms with Gasteiger partial charge in [-0.3, -0.25) is 0 Å². The first-order chi connectivity index (χ1) is 9.15. The molecule has 0 aromatic heterocycles. The Hall–Kier alpha value is -1.29. The number of halogens is 1. The summed E-state index contributed by atoms with van der Waals surface area (Å²) in [5, 5.41) is 3.56. The summed E-state index contributed by atoms with van der Waals surface area (Å²) in [4.78, 5) is 2.30. The average molecular weight is 266 g/mol. The number of rotatable bonds is 4. The van der Waals surface area contributed by atoms with Crippen molar-refractivity contribution in [2.45, 2.75) is 26.3 Å². The molecule has 1 heterocycles. The van der Waals surface area contributed by atoms with Gasteiger partial charge in [-0.25, -0.2) is 4.39 Å². The van der Waals surface area contributed by atoms with Gasteiger partial charge >= 0.3 is 0 Å². The van der Waals surface area contributed by atoms with Crippen molar-refractivity contribution in [2.24, 2.45) is 5.92 Å². The summed E-state index contributed by atoms with van der Waals surface area (Å²) in [5.74, 6) is 0.654. The van der Waals surface area contributed by atoms with Crippen molar-refractivity contribution in [1.82, 2.24) is 5.32 Å². The van der Waals surface area contributed by atoms with Crippen LogP contribution < -0.4 is 15.0 Å². The van der Waals surface area contributed by atoms with E-state index in [0.717, 1.165) is 31.7 Å². The molecule has 0 bridgehead atoms. The van der Waals surface area contributed by atoms with Crippen molar-refractivity contribution in [3.63, 3.8) is 0 Å². The van der Waals surface area contributed by atoms with E-state index < -0.39 is 0 Å². The molecular weight excluding hydrogens is 243 g/mol. The first-order valence-electron chi connectivity index (χ1n) is 6.97. The first kappa shape index (κ1) is 14.1. The SMILES string of the molecule is CCC(C)C1CN(c2ccc(F)c(OC)c2)CCN1. The fourth-order valence-electron chi connectivity index (χ4n) is 2.52. The molecule has 2 unspecified atom stereocenters. The van der Waals surface area contributed by atoms with E-state index in [1.807, 2.05) is 6.07 Å². The molecule has 1 saturated heterocycles. The van der Waals surface area contributed by atoms with Gasteiger partial charge in [0.25, 0.3) is 0 Å². The van der Waals surface area contributed by atoms with Crippen molar-refractivity contribution in [3.05, 3.63) is 24.0 Å². The Morgan fingerprint density at radius 3 is 3.00 bits per heavy atom. The highest BCUT2D eigenvalue weighted by molar-refractivity contribution is 5.51. The largest absolute Gasteiger partial charge is 0.494 e. The second kappa shape index (κ2) is 6.24. The van der Waals surface area contributed by atoms with Crippen molar-refractivity contribution in [3.8, 4) is 5.75 Å². The highest BCUT2D eigenvalue weighted by Crippen LogP contribution is 2.26. The van der Waals surface area contributed by atoms with Gasteiger partial charge in [0.2, 0.25) is 0 Å². The maximum Gasteiger partial charge on any atom is 0.165 e. The van der Waals surface area contributed by atoms with Crippen LogP contribution in [0.3, 0.4) is 0 Å². The van der Waals surface area contributed by atoms with E-state index in [1.54, 1.807) is 6.07 Å². The molecule has 1 N–H and O–H groups in total. The fourth-order valence-corrected chi connectivity index (χ4v) is 2.52. The third kappa shape index (κ3) is 3.18. The van der Waals surface area contributed by atoms with Crippen LogP contribution in [-0.4, -0.2) is 32.8 Å². The van der Waals surface area contributed by atoms with Crippen LogP contribution in [0.25, 0.3) is 0 Å². The number of benzene rings is 1. The number of nitrogens with zero attached hydrogens (tertiary/aromatic N) is 1. The van der Waals surface area contributed by atoms with E-state index in [4.69, 9.17) is 4.74 Å². The monoisotopic (exact) mass is 266 g/mol. The summed E-state index contributed by atoms with van der Waals surface area (Å²) in [6.45, 7) is 7.36. The van der Waals surface area contributed by atoms with Crippen LogP contribution in [0, 0.1) is 11.7 Å². The highest BCUT2D eigenvalue weighted by atomic mass is 19.1. The molecule has 1 aromatic rings. The summed E-state index contributed by atoms with van der Waals surface area (Å²) >= 11 is 0. The second-order valence-electron chi connectivity index (χ2n) is 5.21. The molecule has 0 saturated carbocycles. The molecule has 0 radical (unpaired) electrons. The normalized spacial score (nSPS) is 21.3. The molecule has 1 fully saturated rings. The minimum Gasteiger partial charge on any atom is -0.494 e. The lowest BCUT2D eigenvalue weighted by atomic mass is 9.97. The molecule has 2 atom stereocenters. The molecule has 106 valence electrons. The van der Waals surface area contributed by atoms with E-state index >= 15 is 0 Å². The molecule has 1 aliphatic heterocycles. The van der Waals surface area contributed by atoms with Crippen molar-refractivity contribution >= 4 is 5.69 Å². The van der Waals surface area contributed by atoms with Crippen LogP contribution in [0.4, 0.5) is 10.1 Å². The van der Waals surface area contributed by atoms with Gasteiger partial charge in [-0.1, -0.05) is 20.3 Å². The number of nitrogens with one attached hydrogen (secondary N) is 1. The van der Waals surface area contributed by atoms with Gasteiger partial charge in [0.15, 0.2) is 11.6 Å². The van der Waals surface area contributed by atoms with Crippen molar-refractivity contribution < 1.29 is 9.13 Å². The van der Waals surface area contributed by atoms with Crippen molar-refractivity contribution in [2.75, 3.05) is 31.6 Å². The number of ether oxygens (including phenoxy) is 1. The standard InChI is InChI=1S/C15H23FN2O/c1-4-11(2)14-10-18(8-7-17-14)12-5-6-13(16)15(9-12)19-3/h5-6,9,11,14,17H,4,7-8,10H2,1-3H3. The Morgan fingerprint density at radius 2 is 2.32 bits per heavy atom. The minimum absolute atomic E-state index is 0.306. The van der Waals surface area contributed by atoms with Crippen LogP contribution in [-0.2, 0) is 0 Å².